The first-order valence-corrected chi connectivity index (χ1v) is 7.16. The molecule has 0 bridgehead atoms. The van der Waals surface area contributed by atoms with Crippen molar-refractivity contribution in [2.75, 3.05) is 11.4 Å². The Morgan fingerprint density at radius 2 is 2.00 bits per heavy atom. The average Bonchev–Trinajstić information content (AvgIpc) is 3.18. The van der Waals surface area contributed by atoms with E-state index in [0.717, 1.165) is 12.2 Å². The summed E-state index contributed by atoms with van der Waals surface area (Å²) < 4.78 is 5.74. The fourth-order valence-corrected chi connectivity index (χ4v) is 2.10. The van der Waals surface area contributed by atoms with Crippen LogP contribution < -0.4 is 10.2 Å². The number of nitrogens with one attached hydrogen (secondary N) is 1. The molecule has 1 aliphatic carbocycles. The predicted molar refractivity (Wildman–Crippen MR) is 78.0 cm³/mol. The lowest BCUT2D eigenvalue weighted by Crippen LogP contribution is -2.16. The maximum atomic E-state index is 5.74. The van der Waals surface area contributed by atoms with Crippen molar-refractivity contribution in [3.05, 3.63) is 35.7 Å². The van der Waals surface area contributed by atoms with Crippen molar-refractivity contribution < 1.29 is 4.42 Å². The second-order valence-corrected chi connectivity index (χ2v) is 5.21. The minimum absolute atomic E-state index is 0.559. The Hall–Kier alpha value is -1.88. The monoisotopic (exact) mass is 272 g/mol. The summed E-state index contributed by atoms with van der Waals surface area (Å²) in [5, 5.41) is 11.6. The molecule has 106 valence electrons. The van der Waals surface area contributed by atoms with Crippen molar-refractivity contribution in [1.82, 2.24) is 15.5 Å². The van der Waals surface area contributed by atoms with Gasteiger partial charge in [-0.15, -0.1) is 5.10 Å². The number of hydrogen-bond acceptors (Lipinski definition) is 5. The van der Waals surface area contributed by atoms with Crippen molar-refractivity contribution in [1.29, 1.82) is 0 Å². The Morgan fingerprint density at radius 3 is 2.65 bits per heavy atom. The molecule has 0 amide bonds. The molecular weight excluding hydrogens is 252 g/mol. The fourth-order valence-electron chi connectivity index (χ4n) is 2.10. The standard InChI is InChI=1S/C15H20N4O/c1-3-19(13-8-4-11(2)5-9-13)15-18-17-14(20-15)10-16-12-6-7-12/h4-5,8-9,12,16H,3,6-7,10H2,1-2H3. The van der Waals surface area contributed by atoms with Gasteiger partial charge in [0.25, 0.3) is 0 Å². The number of hydrogen-bond donors (Lipinski definition) is 1. The molecule has 20 heavy (non-hydrogen) atoms. The zero-order chi connectivity index (χ0) is 13.9. The Kier molecular flexibility index (Phi) is 3.69. The van der Waals surface area contributed by atoms with Gasteiger partial charge in [-0.25, -0.2) is 0 Å². The number of benzene rings is 1. The molecule has 1 fully saturated rings. The highest BCUT2D eigenvalue weighted by Crippen LogP contribution is 2.24. The molecule has 5 heteroatoms. The second-order valence-electron chi connectivity index (χ2n) is 5.21. The topological polar surface area (TPSA) is 54.2 Å². The van der Waals surface area contributed by atoms with E-state index < -0.39 is 0 Å². The fraction of sp³-hybridized carbons (Fsp3) is 0.467. The molecule has 0 unspecified atom stereocenters. The van der Waals surface area contributed by atoms with Gasteiger partial charge in [0.1, 0.15) is 0 Å². The first-order valence-electron chi connectivity index (χ1n) is 7.16. The van der Waals surface area contributed by atoms with Crippen LogP contribution in [0.3, 0.4) is 0 Å². The Morgan fingerprint density at radius 1 is 1.25 bits per heavy atom. The molecule has 0 saturated heterocycles. The van der Waals surface area contributed by atoms with Crippen LogP contribution in [0.15, 0.2) is 28.7 Å². The van der Waals surface area contributed by atoms with E-state index in [0.29, 0.717) is 24.5 Å². The van der Waals surface area contributed by atoms with Gasteiger partial charge < -0.3 is 9.73 Å². The smallest absolute Gasteiger partial charge is 0.322 e. The van der Waals surface area contributed by atoms with Crippen molar-refractivity contribution in [3.63, 3.8) is 0 Å². The summed E-state index contributed by atoms with van der Waals surface area (Å²) >= 11 is 0. The van der Waals surface area contributed by atoms with E-state index in [1.165, 1.54) is 18.4 Å². The first kappa shape index (κ1) is 13.1. The van der Waals surface area contributed by atoms with Crippen LogP contribution in [0.2, 0.25) is 0 Å². The van der Waals surface area contributed by atoms with Gasteiger partial charge in [-0.05, 0) is 38.8 Å². The SMILES string of the molecule is CCN(c1ccc(C)cc1)c1nnc(CNC2CC2)o1. The number of anilines is 2. The molecule has 0 atom stereocenters. The van der Waals surface area contributed by atoms with E-state index >= 15 is 0 Å². The third-order valence-electron chi connectivity index (χ3n) is 3.47. The quantitative estimate of drug-likeness (QED) is 0.876. The summed E-state index contributed by atoms with van der Waals surface area (Å²) in [6.45, 7) is 5.60. The minimum atomic E-state index is 0.559. The highest BCUT2D eigenvalue weighted by Gasteiger charge is 2.21. The molecule has 1 heterocycles. The van der Waals surface area contributed by atoms with Crippen LogP contribution in [0.4, 0.5) is 11.7 Å². The van der Waals surface area contributed by atoms with Crippen molar-refractivity contribution in [2.24, 2.45) is 0 Å². The number of aromatic nitrogens is 2. The highest BCUT2D eigenvalue weighted by atomic mass is 16.4. The van der Waals surface area contributed by atoms with E-state index in [2.05, 4.69) is 53.6 Å². The zero-order valence-electron chi connectivity index (χ0n) is 12.0. The van der Waals surface area contributed by atoms with Gasteiger partial charge in [-0.1, -0.05) is 22.8 Å². The molecule has 0 aliphatic heterocycles. The first-order chi connectivity index (χ1) is 9.76. The van der Waals surface area contributed by atoms with Gasteiger partial charge in [-0.3, -0.25) is 4.90 Å². The maximum Gasteiger partial charge on any atom is 0.322 e. The molecule has 1 N–H and O–H groups in total. The van der Waals surface area contributed by atoms with Crippen molar-refractivity contribution in [2.45, 2.75) is 39.3 Å². The van der Waals surface area contributed by atoms with Crippen molar-refractivity contribution in [3.8, 4) is 0 Å². The second kappa shape index (κ2) is 5.63. The molecule has 1 saturated carbocycles. The Bertz CT molecular complexity index is 560. The third kappa shape index (κ3) is 2.99. The average molecular weight is 272 g/mol. The number of aryl methyl sites for hydroxylation is 1. The molecule has 1 aliphatic rings. The largest absolute Gasteiger partial charge is 0.406 e. The molecular formula is C15H20N4O. The Balaban J connectivity index is 1.72. The van der Waals surface area contributed by atoms with Gasteiger partial charge in [0.2, 0.25) is 5.89 Å². The molecule has 5 nitrogen and oxygen atoms in total. The molecule has 1 aromatic heterocycles. The molecule has 3 rings (SSSR count). The van der Waals surface area contributed by atoms with Gasteiger partial charge in [-0.2, -0.15) is 0 Å². The zero-order valence-corrected chi connectivity index (χ0v) is 12.0. The summed E-state index contributed by atoms with van der Waals surface area (Å²) in [6, 6.07) is 9.53. The van der Waals surface area contributed by atoms with Gasteiger partial charge in [0, 0.05) is 18.3 Å². The molecule has 1 aromatic carbocycles. The van der Waals surface area contributed by atoms with E-state index in [9.17, 15) is 0 Å². The lowest BCUT2D eigenvalue weighted by Gasteiger charge is -2.18. The van der Waals surface area contributed by atoms with E-state index in [1.54, 1.807) is 0 Å². The van der Waals surface area contributed by atoms with Crippen LogP contribution in [0.25, 0.3) is 0 Å². The van der Waals surface area contributed by atoms with Crippen molar-refractivity contribution >= 4 is 11.7 Å². The molecule has 0 radical (unpaired) electrons. The van der Waals surface area contributed by atoms with Crippen LogP contribution in [0.1, 0.15) is 31.2 Å². The van der Waals surface area contributed by atoms with E-state index in [1.807, 2.05) is 4.90 Å². The summed E-state index contributed by atoms with van der Waals surface area (Å²) in [7, 11) is 0. The van der Waals surface area contributed by atoms with Gasteiger partial charge in [0.05, 0.1) is 6.54 Å². The normalized spacial score (nSPS) is 14.5. The summed E-state index contributed by atoms with van der Waals surface area (Å²) in [6.07, 6.45) is 2.51. The Labute approximate surface area is 119 Å². The summed E-state index contributed by atoms with van der Waals surface area (Å²) in [5.41, 5.74) is 2.31. The van der Waals surface area contributed by atoms with Gasteiger partial charge in [0.15, 0.2) is 0 Å². The van der Waals surface area contributed by atoms with Crippen LogP contribution >= 0.6 is 0 Å². The minimum Gasteiger partial charge on any atom is -0.406 e. The van der Waals surface area contributed by atoms with E-state index in [4.69, 9.17) is 4.42 Å². The summed E-state index contributed by atoms with van der Waals surface area (Å²) in [4.78, 5) is 2.02. The predicted octanol–water partition coefficient (Wildman–Crippen LogP) is 2.79. The van der Waals surface area contributed by atoms with Crippen LogP contribution in [-0.2, 0) is 6.54 Å². The van der Waals surface area contributed by atoms with Gasteiger partial charge >= 0.3 is 6.01 Å². The lowest BCUT2D eigenvalue weighted by molar-refractivity contribution is 0.468. The molecule has 0 spiro atoms. The summed E-state index contributed by atoms with van der Waals surface area (Å²) in [5.74, 6) is 0.650. The highest BCUT2D eigenvalue weighted by molar-refractivity contribution is 5.56. The lowest BCUT2D eigenvalue weighted by atomic mass is 10.2. The number of rotatable bonds is 6. The maximum absolute atomic E-state index is 5.74. The van der Waals surface area contributed by atoms with Crippen LogP contribution in [0, 0.1) is 6.92 Å². The van der Waals surface area contributed by atoms with E-state index in [-0.39, 0.29) is 0 Å². The number of nitrogens with zero attached hydrogens (tertiary/aromatic N) is 3. The molecule has 2 aromatic rings. The van der Waals surface area contributed by atoms with Crippen LogP contribution in [0.5, 0.6) is 0 Å². The third-order valence-corrected chi connectivity index (χ3v) is 3.47. The van der Waals surface area contributed by atoms with Crippen LogP contribution in [-0.4, -0.2) is 22.8 Å².